The number of nitrogens with one attached hydrogen (secondary N) is 1. The number of aromatic nitrogens is 3. The van der Waals surface area contributed by atoms with Crippen LogP contribution in [0.3, 0.4) is 0 Å². The van der Waals surface area contributed by atoms with Crippen molar-refractivity contribution in [3.63, 3.8) is 0 Å². The largest absolute Gasteiger partial charge is 0.497 e. The average Bonchev–Trinajstić information content (AvgIpc) is 3.21. The molecule has 0 unspecified atom stereocenters. The molecule has 0 radical (unpaired) electrons. The smallest absolute Gasteiger partial charge is 0.266 e. The number of methoxy groups -OCH3 is 1. The van der Waals surface area contributed by atoms with E-state index < -0.39 is 0 Å². The molecular formula is C25H18IN3O2. The number of para-hydroxylation sites is 1. The summed E-state index contributed by atoms with van der Waals surface area (Å²) >= 11 is 2.21. The van der Waals surface area contributed by atoms with Crippen LogP contribution in [-0.2, 0) is 0 Å². The average molecular weight is 519 g/mol. The number of aromatic amines is 1. The first-order valence-electron chi connectivity index (χ1n) is 9.75. The lowest BCUT2D eigenvalue weighted by Gasteiger charge is -2.12. The number of rotatable bonds is 4. The van der Waals surface area contributed by atoms with Gasteiger partial charge in [-0.1, -0.05) is 18.2 Å². The van der Waals surface area contributed by atoms with Crippen LogP contribution in [0, 0.1) is 3.57 Å². The van der Waals surface area contributed by atoms with E-state index in [1.165, 1.54) is 0 Å². The van der Waals surface area contributed by atoms with Crippen LogP contribution < -0.4 is 10.3 Å². The maximum atomic E-state index is 13.5. The number of hydrogen-bond donors (Lipinski definition) is 1. The summed E-state index contributed by atoms with van der Waals surface area (Å²) in [6, 6.07) is 21.2. The Morgan fingerprint density at radius 2 is 1.81 bits per heavy atom. The minimum atomic E-state index is -0.104. The maximum absolute atomic E-state index is 13.5. The van der Waals surface area contributed by atoms with E-state index in [-0.39, 0.29) is 5.56 Å². The first kappa shape index (κ1) is 19.6. The number of fused-ring (bicyclic) bond motifs is 2. The van der Waals surface area contributed by atoms with Crippen molar-refractivity contribution in [2.24, 2.45) is 0 Å². The summed E-state index contributed by atoms with van der Waals surface area (Å²) in [6.07, 6.45) is 5.83. The summed E-state index contributed by atoms with van der Waals surface area (Å²) in [5.41, 5.74) is 3.41. The quantitative estimate of drug-likeness (QED) is 0.312. The Morgan fingerprint density at radius 3 is 2.61 bits per heavy atom. The lowest BCUT2D eigenvalue weighted by atomic mass is 10.1. The third kappa shape index (κ3) is 3.63. The van der Waals surface area contributed by atoms with E-state index in [0.717, 1.165) is 31.5 Å². The van der Waals surface area contributed by atoms with Crippen molar-refractivity contribution in [1.82, 2.24) is 14.5 Å². The highest BCUT2D eigenvalue weighted by Crippen LogP contribution is 2.22. The van der Waals surface area contributed by atoms with Crippen LogP contribution in [-0.4, -0.2) is 21.6 Å². The lowest BCUT2D eigenvalue weighted by molar-refractivity contribution is 0.414. The van der Waals surface area contributed by atoms with Crippen LogP contribution in [0.25, 0.3) is 39.6 Å². The summed E-state index contributed by atoms with van der Waals surface area (Å²) < 4.78 is 7.90. The van der Waals surface area contributed by atoms with E-state index in [2.05, 4.69) is 33.6 Å². The fourth-order valence-electron chi connectivity index (χ4n) is 3.66. The molecule has 1 N–H and O–H groups in total. The molecule has 0 spiro atoms. The van der Waals surface area contributed by atoms with Gasteiger partial charge in [-0.25, -0.2) is 4.98 Å². The lowest BCUT2D eigenvalue weighted by Crippen LogP contribution is -2.22. The first-order valence-corrected chi connectivity index (χ1v) is 10.8. The molecule has 0 aliphatic rings. The Bertz CT molecular complexity index is 1500. The van der Waals surface area contributed by atoms with E-state index in [4.69, 9.17) is 9.72 Å². The second-order valence-corrected chi connectivity index (χ2v) is 8.34. The standard InChI is InChI=1S/C25H18IN3O2/c1-31-19-10-8-18(9-11-19)29-24(28-23-12-7-17(26)14-21(23)25(29)30)13-6-16-15-27-22-5-3-2-4-20(16)22/h2-15,27H,1H3. The highest BCUT2D eigenvalue weighted by molar-refractivity contribution is 14.1. The van der Waals surface area contributed by atoms with Gasteiger partial charge in [0.25, 0.3) is 5.56 Å². The number of H-pyrrole nitrogens is 1. The van der Waals surface area contributed by atoms with Crippen molar-refractivity contribution >= 4 is 56.5 Å². The topological polar surface area (TPSA) is 59.9 Å². The highest BCUT2D eigenvalue weighted by atomic mass is 127. The molecule has 0 saturated heterocycles. The van der Waals surface area contributed by atoms with Crippen LogP contribution in [0.15, 0.2) is 77.7 Å². The molecule has 3 aromatic carbocycles. The fraction of sp³-hybridized carbons (Fsp3) is 0.0400. The molecule has 0 saturated carbocycles. The van der Waals surface area contributed by atoms with E-state index in [0.29, 0.717) is 16.7 Å². The zero-order valence-electron chi connectivity index (χ0n) is 16.7. The molecule has 31 heavy (non-hydrogen) atoms. The van der Waals surface area contributed by atoms with Crippen molar-refractivity contribution < 1.29 is 4.74 Å². The van der Waals surface area contributed by atoms with Crippen LogP contribution in [0.5, 0.6) is 5.75 Å². The van der Waals surface area contributed by atoms with Gasteiger partial charge in [0.05, 0.1) is 23.7 Å². The number of halogens is 1. The summed E-state index contributed by atoms with van der Waals surface area (Å²) in [6.45, 7) is 0. The van der Waals surface area contributed by atoms with Crippen molar-refractivity contribution in [2.75, 3.05) is 7.11 Å². The number of ether oxygens (including phenoxy) is 1. The van der Waals surface area contributed by atoms with Crippen LogP contribution in [0.1, 0.15) is 11.4 Å². The summed E-state index contributed by atoms with van der Waals surface area (Å²) in [7, 11) is 1.62. The zero-order valence-corrected chi connectivity index (χ0v) is 18.8. The molecular weight excluding hydrogens is 501 g/mol. The van der Waals surface area contributed by atoms with Gasteiger partial charge in [0.2, 0.25) is 0 Å². The van der Waals surface area contributed by atoms with Gasteiger partial charge in [-0.05, 0) is 88.8 Å². The van der Waals surface area contributed by atoms with Gasteiger partial charge in [0.15, 0.2) is 0 Å². The molecule has 0 bridgehead atoms. The predicted octanol–water partition coefficient (Wildman–Crippen LogP) is 5.65. The van der Waals surface area contributed by atoms with Gasteiger partial charge < -0.3 is 9.72 Å². The van der Waals surface area contributed by atoms with Gasteiger partial charge in [-0.2, -0.15) is 0 Å². The Hall–Kier alpha value is -3.39. The summed E-state index contributed by atoms with van der Waals surface area (Å²) in [4.78, 5) is 21.6. The van der Waals surface area contributed by atoms with Crippen molar-refractivity contribution in [1.29, 1.82) is 0 Å². The molecule has 5 rings (SSSR count). The first-order chi connectivity index (χ1) is 15.1. The molecule has 5 nitrogen and oxygen atoms in total. The van der Waals surface area contributed by atoms with Crippen LogP contribution in [0.2, 0.25) is 0 Å². The van der Waals surface area contributed by atoms with E-state index >= 15 is 0 Å². The SMILES string of the molecule is COc1ccc(-n2c(C=Cc3c[nH]c4ccccc34)nc3ccc(I)cc3c2=O)cc1. The number of nitrogens with zero attached hydrogens (tertiary/aromatic N) is 2. The molecule has 0 atom stereocenters. The molecule has 5 aromatic rings. The highest BCUT2D eigenvalue weighted by Gasteiger charge is 2.12. The van der Waals surface area contributed by atoms with Gasteiger partial charge in [0.1, 0.15) is 11.6 Å². The Labute approximate surface area is 192 Å². The zero-order chi connectivity index (χ0) is 21.4. The number of hydrogen-bond acceptors (Lipinski definition) is 3. The summed E-state index contributed by atoms with van der Waals surface area (Å²) in [5.74, 6) is 1.30. The molecule has 152 valence electrons. The molecule has 0 aliphatic heterocycles. The van der Waals surface area contributed by atoms with Crippen molar-refractivity contribution in [3.05, 3.63) is 98.2 Å². The fourth-order valence-corrected chi connectivity index (χ4v) is 4.15. The molecule has 2 heterocycles. The molecule has 0 amide bonds. The normalized spacial score (nSPS) is 11.5. The minimum absolute atomic E-state index is 0.104. The molecule has 2 aromatic heterocycles. The van der Waals surface area contributed by atoms with Crippen molar-refractivity contribution in [3.8, 4) is 11.4 Å². The Kier molecular flexibility index (Phi) is 5.07. The van der Waals surface area contributed by atoms with Crippen LogP contribution in [0.4, 0.5) is 0 Å². The second kappa shape index (κ2) is 8.03. The Balaban J connectivity index is 1.72. The molecule has 6 heteroatoms. The third-order valence-corrected chi connectivity index (χ3v) is 5.89. The van der Waals surface area contributed by atoms with E-state index in [9.17, 15) is 4.79 Å². The van der Waals surface area contributed by atoms with Gasteiger partial charge in [0, 0.05) is 20.7 Å². The minimum Gasteiger partial charge on any atom is -0.497 e. The maximum Gasteiger partial charge on any atom is 0.266 e. The van der Waals surface area contributed by atoms with E-state index in [1.807, 2.05) is 79.0 Å². The Morgan fingerprint density at radius 1 is 1.00 bits per heavy atom. The molecule has 0 aliphatic carbocycles. The number of benzene rings is 3. The van der Waals surface area contributed by atoms with Gasteiger partial charge in [-0.15, -0.1) is 0 Å². The third-order valence-electron chi connectivity index (χ3n) is 5.22. The monoisotopic (exact) mass is 519 g/mol. The van der Waals surface area contributed by atoms with Gasteiger partial charge >= 0.3 is 0 Å². The van der Waals surface area contributed by atoms with Crippen LogP contribution >= 0.6 is 22.6 Å². The second-order valence-electron chi connectivity index (χ2n) is 7.09. The predicted molar refractivity (Wildman–Crippen MR) is 134 cm³/mol. The van der Waals surface area contributed by atoms with E-state index in [1.54, 1.807) is 11.7 Å². The summed E-state index contributed by atoms with van der Waals surface area (Å²) in [5, 5.41) is 1.71. The van der Waals surface area contributed by atoms with Crippen molar-refractivity contribution in [2.45, 2.75) is 0 Å². The van der Waals surface area contributed by atoms with Gasteiger partial charge in [-0.3, -0.25) is 9.36 Å². The molecule has 0 fully saturated rings.